The molecule has 0 bridgehead atoms. The summed E-state index contributed by atoms with van der Waals surface area (Å²) in [4.78, 5) is 26.7. The van der Waals surface area contributed by atoms with E-state index in [2.05, 4.69) is 5.32 Å². The molecule has 0 radical (unpaired) electrons. The average molecular weight is 362 g/mol. The predicted octanol–water partition coefficient (Wildman–Crippen LogP) is 2.40. The molecule has 0 aromatic heterocycles. The van der Waals surface area contributed by atoms with Crippen LogP contribution in [0.1, 0.15) is 50.2 Å². The van der Waals surface area contributed by atoms with Gasteiger partial charge in [0.15, 0.2) is 0 Å². The number of nitrogens with one attached hydrogen (secondary N) is 1. The molecule has 142 valence electrons. The van der Waals surface area contributed by atoms with Gasteiger partial charge in [-0.3, -0.25) is 9.59 Å². The molecule has 1 atom stereocenters. The van der Waals surface area contributed by atoms with Crippen LogP contribution < -0.4 is 5.32 Å². The van der Waals surface area contributed by atoms with Gasteiger partial charge in [-0.05, 0) is 31.7 Å². The number of piperidine rings is 1. The molecule has 5 nitrogen and oxygen atoms in total. The van der Waals surface area contributed by atoms with Crippen molar-refractivity contribution in [3.8, 4) is 0 Å². The molecule has 1 saturated carbocycles. The van der Waals surface area contributed by atoms with E-state index in [4.69, 9.17) is 0 Å². The molecule has 1 heterocycles. The Balaban J connectivity index is 1.43. The van der Waals surface area contributed by atoms with Crippen LogP contribution in [0, 0.1) is 17.7 Å². The molecule has 1 aliphatic carbocycles. The molecule has 3 rings (SSSR count). The maximum Gasteiger partial charge on any atom is 0.225 e. The average Bonchev–Trinajstić information content (AvgIpc) is 3.20. The minimum absolute atomic E-state index is 0.0129. The van der Waals surface area contributed by atoms with E-state index in [1.165, 1.54) is 12.1 Å². The fraction of sp³-hybridized carbons (Fsp3) is 0.600. The molecule has 1 aromatic rings. The molecule has 6 heteroatoms. The van der Waals surface area contributed by atoms with Gasteiger partial charge in [0.2, 0.25) is 11.8 Å². The van der Waals surface area contributed by atoms with Crippen LogP contribution in [0.3, 0.4) is 0 Å². The van der Waals surface area contributed by atoms with E-state index in [9.17, 15) is 19.1 Å². The Morgan fingerprint density at radius 1 is 1.12 bits per heavy atom. The van der Waals surface area contributed by atoms with E-state index in [1.54, 1.807) is 12.1 Å². The predicted molar refractivity (Wildman–Crippen MR) is 95.6 cm³/mol. The third-order valence-electron chi connectivity index (χ3n) is 5.62. The molecule has 2 amide bonds. The largest absolute Gasteiger partial charge is 0.386 e. The zero-order valence-corrected chi connectivity index (χ0v) is 15.0. The Kier molecular flexibility index (Phi) is 6.25. The van der Waals surface area contributed by atoms with Crippen LogP contribution in [-0.2, 0) is 9.59 Å². The number of likely N-dealkylation sites (tertiary alicyclic amines) is 1. The first-order valence-electron chi connectivity index (χ1n) is 9.55. The maximum atomic E-state index is 13.7. The van der Waals surface area contributed by atoms with Crippen molar-refractivity contribution < 1.29 is 19.1 Å². The number of aliphatic hydroxyl groups excluding tert-OH is 1. The first-order valence-corrected chi connectivity index (χ1v) is 9.55. The van der Waals surface area contributed by atoms with Gasteiger partial charge in [-0.25, -0.2) is 4.39 Å². The lowest BCUT2D eigenvalue weighted by atomic mass is 9.94. The lowest BCUT2D eigenvalue weighted by Crippen LogP contribution is -2.45. The summed E-state index contributed by atoms with van der Waals surface area (Å²) in [6.45, 7) is 1.22. The summed E-state index contributed by atoms with van der Waals surface area (Å²) in [6, 6.07) is 6.02. The van der Waals surface area contributed by atoms with E-state index >= 15 is 0 Å². The van der Waals surface area contributed by atoms with Crippen LogP contribution in [-0.4, -0.2) is 41.5 Å². The van der Waals surface area contributed by atoms with Crippen LogP contribution in [0.2, 0.25) is 0 Å². The maximum absolute atomic E-state index is 13.7. The van der Waals surface area contributed by atoms with Gasteiger partial charge >= 0.3 is 0 Å². The quantitative estimate of drug-likeness (QED) is 0.845. The number of amides is 2. The minimum Gasteiger partial charge on any atom is -0.386 e. The summed E-state index contributed by atoms with van der Waals surface area (Å²) in [5, 5.41) is 12.8. The summed E-state index contributed by atoms with van der Waals surface area (Å²) in [7, 11) is 0. The molecular formula is C20H27FN2O3. The van der Waals surface area contributed by atoms with E-state index in [0.29, 0.717) is 25.9 Å². The standard InChI is InChI=1S/C20H27FN2O3/c21-17-8-4-3-7-16(17)18(24)13-22-19(25)14-9-11-23(12-10-14)20(26)15-5-1-2-6-15/h3-4,7-8,14-15,18,24H,1-2,5-6,9-13H2,(H,22,25)/t18-/m1/s1. The first kappa shape index (κ1) is 18.8. The van der Waals surface area contributed by atoms with Crippen LogP contribution in [0.5, 0.6) is 0 Å². The van der Waals surface area contributed by atoms with E-state index in [1.807, 2.05) is 4.90 Å². The fourth-order valence-electron chi connectivity index (χ4n) is 3.99. The number of aliphatic hydroxyl groups is 1. The third kappa shape index (κ3) is 4.41. The molecule has 26 heavy (non-hydrogen) atoms. The van der Waals surface area contributed by atoms with Gasteiger partial charge in [-0.15, -0.1) is 0 Å². The van der Waals surface area contributed by atoms with Gasteiger partial charge in [0.1, 0.15) is 5.82 Å². The van der Waals surface area contributed by atoms with E-state index < -0.39 is 11.9 Å². The topological polar surface area (TPSA) is 69.6 Å². The van der Waals surface area contributed by atoms with Crippen molar-refractivity contribution in [2.45, 2.75) is 44.6 Å². The molecule has 1 aromatic carbocycles. The Morgan fingerprint density at radius 3 is 2.42 bits per heavy atom. The molecular weight excluding hydrogens is 335 g/mol. The van der Waals surface area contributed by atoms with Gasteiger partial charge in [0, 0.05) is 37.0 Å². The summed E-state index contributed by atoms with van der Waals surface area (Å²) in [5.41, 5.74) is 0.185. The number of rotatable bonds is 5. The van der Waals surface area contributed by atoms with E-state index in [-0.39, 0.29) is 35.8 Å². The Labute approximate surface area is 153 Å². The van der Waals surface area contributed by atoms with Gasteiger partial charge in [0.05, 0.1) is 6.10 Å². The lowest BCUT2D eigenvalue weighted by Gasteiger charge is -2.33. The minimum atomic E-state index is -1.07. The molecule has 0 unspecified atom stereocenters. The fourth-order valence-corrected chi connectivity index (χ4v) is 3.99. The summed E-state index contributed by atoms with van der Waals surface area (Å²) in [6.07, 6.45) is 4.48. The molecule has 2 fully saturated rings. The highest BCUT2D eigenvalue weighted by atomic mass is 19.1. The van der Waals surface area contributed by atoms with Crippen molar-refractivity contribution >= 4 is 11.8 Å². The second-order valence-corrected chi connectivity index (χ2v) is 7.36. The van der Waals surface area contributed by atoms with Gasteiger partial charge < -0.3 is 15.3 Å². The SMILES string of the molecule is O=C(NC[C@@H](O)c1ccccc1F)C1CCN(C(=O)C2CCCC2)CC1. The molecule has 0 spiro atoms. The number of halogens is 1. The number of carbonyl (C=O) groups is 2. The first-order chi connectivity index (χ1) is 12.6. The zero-order chi connectivity index (χ0) is 18.5. The Bertz CT molecular complexity index is 638. The number of nitrogens with zero attached hydrogens (tertiary/aromatic N) is 1. The number of hydrogen-bond donors (Lipinski definition) is 2. The van der Waals surface area contributed by atoms with Crippen molar-refractivity contribution in [2.24, 2.45) is 11.8 Å². The van der Waals surface area contributed by atoms with Gasteiger partial charge in [-0.2, -0.15) is 0 Å². The van der Waals surface area contributed by atoms with Crippen molar-refractivity contribution in [1.82, 2.24) is 10.2 Å². The van der Waals surface area contributed by atoms with Crippen molar-refractivity contribution in [2.75, 3.05) is 19.6 Å². The number of benzene rings is 1. The van der Waals surface area contributed by atoms with Crippen LogP contribution in [0.4, 0.5) is 4.39 Å². The van der Waals surface area contributed by atoms with E-state index in [0.717, 1.165) is 25.7 Å². The molecule has 1 saturated heterocycles. The second-order valence-electron chi connectivity index (χ2n) is 7.36. The molecule has 2 N–H and O–H groups in total. The zero-order valence-electron chi connectivity index (χ0n) is 15.0. The third-order valence-corrected chi connectivity index (χ3v) is 5.62. The Morgan fingerprint density at radius 2 is 1.77 bits per heavy atom. The van der Waals surface area contributed by atoms with Crippen LogP contribution in [0.25, 0.3) is 0 Å². The Hall–Kier alpha value is -1.95. The smallest absolute Gasteiger partial charge is 0.225 e. The van der Waals surface area contributed by atoms with Crippen molar-refractivity contribution in [3.63, 3.8) is 0 Å². The lowest BCUT2D eigenvalue weighted by molar-refractivity contribution is -0.139. The highest BCUT2D eigenvalue weighted by Gasteiger charge is 2.32. The highest BCUT2D eigenvalue weighted by Crippen LogP contribution is 2.28. The van der Waals surface area contributed by atoms with Crippen molar-refractivity contribution in [1.29, 1.82) is 0 Å². The van der Waals surface area contributed by atoms with Crippen LogP contribution >= 0.6 is 0 Å². The molecule has 2 aliphatic rings. The number of hydrogen-bond acceptors (Lipinski definition) is 3. The van der Waals surface area contributed by atoms with Gasteiger partial charge in [0.25, 0.3) is 0 Å². The molecule has 1 aliphatic heterocycles. The monoisotopic (exact) mass is 362 g/mol. The van der Waals surface area contributed by atoms with Crippen molar-refractivity contribution in [3.05, 3.63) is 35.6 Å². The summed E-state index contributed by atoms with van der Waals surface area (Å²) in [5.74, 6) is -0.343. The second kappa shape index (κ2) is 8.62. The highest BCUT2D eigenvalue weighted by molar-refractivity contribution is 5.81. The van der Waals surface area contributed by atoms with Crippen LogP contribution in [0.15, 0.2) is 24.3 Å². The number of carbonyl (C=O) groups excluding carboxylic acids is 2. The van der Waals surface area contributed by atoms with Gasteiger partial charge in [-0.1, -0.05) is 31.0 Å². The normalized spacial score (nSPS) is 20.2. The summed E-state index contributed by atoms with van der Waals surface area (Å²) >= 11 is 0. The summed E-state index contributed by atoms with van der Waals surface area (Å²) < 4.78 is 13.7.